The standard InChI is InChI=1S/C21H42N2O/c1-2-3-4-5-6-7-8-9-10-11-12-13-14-15-16-17-21(24)23-19-18-22-20-23/h22H,2-20H2,1H3. The highest BCUT2D eigenvalue weighted by molar-refractivity contribution is 5.76. The lowest BCUT2D eigenvalue weighted by Gasteiger charge is -2.13. The second-order valence-electron chi connectivity index (χ2n) is 7.52. The summed E-state index contributed by atoms with van der Waals surface area (Å²) in [6.45, 7) is 4.91. The lowest BCUT2D eigenvalue weighted by molar-refractivity contribution is -0.130. The lowest BCUT2D eigenvalue weighted by atomic mass is 10.0. The Morgan fingerprint density at radius 3 is 1.62 bits per heavy atom. The maximum absolute atomic E-state index is 11.9. The fourth-order valence-electron chi connectivity index (χ4n) is 3.53. The summed E-state index contributed by atoms with van der Waals surface area (Å²) in [5, 5.41) is 3.21. The maximum atomic E-state index is 11.9. The molecule has 1 heterocycles. The molecule has 3 nitrogen and oxygen atoms in total. The molecule has 1 N–H and O–H groups in total. The molecule has 1 fully saturated rings. The van der Waals surface area contributed by atoms with Gasteiger partial charge in [-0.1, -0.05) is 96.8 Å². The van der Waals surface area contributed by atoms with Crippen LogP contribution in [0.3, 0.4) is 0 Å². The van der Waals surface area contributed by atoms with Gasteiger partial charge in [-0.25, -0.2) is 0 Å². The van der Waals surface area contributed by atoms with Gasteiger partial charge in [0.2, 0.25) is 5.91 Å². The summed E-state index contributed by atoms with van der Waals surface area (Å²) in [6, 6.07) is 0. The van der Waals surface area contributed by atoms with Gasteiger partial charge in [-0.2, -0.15) is 0 Å². The Bertz CT molecular complexity index is 288. The van der Waals surface area contributed by atoms with E-state index in [-0.39, 0.29) is 0 Å². The van der Waals surface area contributed by atoms with E-state index in [0.29, 0.717) is 5.91 Å². The van der Waals surface area contributed by atoms with Gasteiger partial charge in [-0.15, -0.1) is 0 Å². The van der Waals surface area contributed by atoms with Crippen LogP contribution in [0, 0.1) is 0 Å². The first-order valence-corrected chi connectivity index (χ1v) is 10.8. The zero-order chi connectivity index (χ0) is 17.3. The molecule has 0 aromatic carbocycles. The first-order chi connectivity index (χ1) is 11.8. The summed E-state index contributed by atoms with van der Waals surface area (Å²) in [6.07, 6.45) is 21.4. The van der Waals surface area contributed by atoms with E-state index >= 15 is 0 Å². The monoisotopic (exact) mass is 338 g/mol. The van der Waals surface area contributed by atoms with Gasteiger partial charge in [0.25, 0.3) is 0 Å². The van der Waals surface area contributed by atoms with Gasteiger partial charge < -0.3 is 4.90 Å². The molecule has 1 amide bonds. The van der Waals surface area contributed by atoms with Crippen LogP contribution in [0.5, 0.6) is 0 Å². The largest absolute Gasteiger partial charge is 0.329 e. The van der Waals surface area contributed by atoms with E-state index in [9.17, 15) is 4.79 Å². The Morgan fingerprint density at radius 2 is 1.21 bits per heavy atom. The van der Waals surface area contributed by atoms with Crippen molar-refractivity contribution in [1.29, 1.82) is 0 Å². The van der Waals surface area contributed by atoms with E-state index in [2.05, 4.69) is 12.2 Å². The smallest absolute Gasteiger partial charge is 0.223 e. The molecule has 0 spiro atoms. The van der Waals surface area contributed by atoms with Crippen molar-refractivity contribution in [3.63, 3.8) is 0 Å². The molecule has 24 heavy (non-hydrogen) atoms. The summed E-state index contributed by atoms with van der Waals surface area (Å²) in [7, 11) is 0. The van der Waals surface area contributed by atoms with Crippen LogP contribution >= 0.6 is 0 Å². The molecule has 0 radical (unpaired) electrons. The summed E-state index contributed by atoms with van der Waals surface area (Å²) >= 11 is 0. The Balaban J connectivity index is 1.71. The first-order valence-electron chi connectivity index (χ1n) is 10.8. The van der Waals surface area contributed by atoms with Crippen molar-refractivity contribution >= 4 is 5.91 Å². The van der Waals surface area contributed by atoms with E-state index < -0.39 is 0 Å². The van der Waals surface area contributed by atoms with Gasteiger partial charge in [0.05, 0.1) is 6.67 Å². The minimum Gasteiger partial charge on any atom is -0.329 e. The van der Waals surface area contributed by atoms with Crippen molar-refractivity contribution in [3.05, 3.63) is 0 Å². The van der Waals surface area contributed by atoms with Crippen LogP contribution < -0.4 is 5.32 Å². The van der Waals surface area contributed by atoms with Gasteiger partial charge in [0.15, 0.2) is 0 Å². The second kappa shape index (κ2) is 15.9. The van der Waals surface area contributed by atoms with Crippen molar-refractivity contribution in [3.8, 4) is 0 Å². The number of unbranched alkanes of at least 4 members (excludes halogenated alkanes) is 14. The average molecular weight is 339 g/mol. The van der Waals surface area contributed by atoms with E-state index in [4.69, 9.17) is 0 Å². The second-order valence-corrected chi connectivity index (χ2v) is 7.52. The summed E-state index contributed by atoms with van der Waals surface area (Å²) in [5.41, 5.74) is 0. The molecular weight excluding hydrogens is 296 g/mol. The number of amides is 1. The molecule has 0 atom stereocenters. The molecule has 0 bridgehead atoms. The van der Waals surface area contributed by atoms with Crippen LogP contribution in [0.1, 0.15) is 110 Å². The van der Waals surface area contributed by atoms with Crippen LogP contribution in [0.25, 0.3) is 0 Å². The molecule has 0 aromatic heterocycles. The normalized spacial score (nSPS) is 14.5. The first kappa shape index (κ1) is 21.5. The number of nitrogens with one attached hydrogen (secondary N) is 1. The Morgan fingerprint density at radius 1 is 0.750 bits per heavy atom. The number of hydrogen-bond acceptors (Lipinski definition) is 2. The van der Waals surface area contributed by atoms with Gasteiger partial charge in [-0.3, -0.25) is 10.1 Å². The van der Waals surface area contributed by atoms with Crippen LogP contribution in [0.4, 0.5) is 0 Å². The molecule has 3 heteroatoms. The van der Waals surface area contributed by atoms with Gasteiger partial charge in [0.1, 0.15) is 0 Å². The number of carbonyl (C=O) groups is 1. The minimum atomic E-state index is 0.342. The lowest BCUT2D eigenvalue weighted by Crippen LogP contribution is -2.29. The fourth-order valence-corrected chi connectivity index (χ4v) is 3.53. The summed E-state index contributed by atoms with van der Waals surface area (Å²) in [4.78, 5) is 13.8. The summed E-state index contributed by atoms with van der Waals surface area (Å²) < 4.78 is 0. The number of hydrogen-bond donors (Lipinski definition) is 1. The zero-order valence-electron chi connectivity index (χ0n) is 16.3. The Labute approximate surface area is 151 Å². The average Bonchev–Trinajstić information content (AvgIpc) is 3.13. The van der Waals surface area contributed by atoms with E-state index in [1.54, 1.807) is 0 Å². The van der Waals surface area contributed by atoms with Crippen molar-refractivity contribution < 1.29 is 4.79 Å². The van der Waals surface area contributed by atoms with Gasteiger partial charge in [-0.05, 0) is 6.42 Å². The maximum Gasteiger partial charge on any atom is 0.223 e. The predicted molar refractivity (Wildman–Crippen MR) is 104 cm³/mol. The van der Waals surface area contributed by atoms with Crippen molar-refractivity contribution in [2.75, 3.05) is 19.8 Å². The number of carbonyl (C=O) groups excluding carboxylic acids is 1. The molecule has 0 unspecified atom stereocenters. The summed E-state index contributed by atoms with van der Waals surface area (Å²) in [5.74, 6) is 0.342. The van der Waals surface area contributed by atoms with Crippen LogP contribution in [0.15, 0.2) is 0 Å². The highest BCUT2D eigenvalue weighted by Crippen LogP contribution is 2.14. The molecule has 1 saturated heterocycles. The van der Waals surface area contributed by atoms with Gasteiger partial charge >= 0.3 is 0 Å². The Hall–Kier alpha value is -0.570. The van der Waals surface area contributed by atoms with Crippen molar-refractivity contribution in [2.24, 2.45) is 0 Å². The number of rotatable bonds is 16. The molecule has 1 aliphatic rings. The third-order valence-corrected chi connectivity index (χ3v) is 5.21. The van der Waals surface area contributed by atoms with Crippen LogP contribution in [-0.2, 0) is 4.79 Å². The molecular formula is C21H42N2O. The third kappa shape index (κ3) is 11.9. The van der Waals surface area contributed by atoms with Crippen molar-refractivity contribution in [1.82, 2.24) is 10.2 Å². The number of nitrogens with zero attached hydrogens (tertiary/aromatic N) is 1. The fraction of sp³-hybridized carbons (Fsp3) is 0.952. The molecule has 0 saturated carbocycles. The van der Waals surface area contributed by atoms with E-state index in [0.717, 1.165) is 32.6 Å². The highest BCUT2D eigenvalue weighted by atomic mass is 16.2. The quantitative estimate of drug-likeness (QED) is 0.369. The van der Waals surface area contributed by atoms with Crippen LogP contribution in [-0.4, -0.2) is 30.6 Å². The zero-order valence-corrected chi connectivity index (χ0v) is 16.3. The highest BCUT2D eigenvalue weighted by Gasteiger charge is 2.16. The topological polar surface area (TPSA) is 32.3 Å². The molecule has 0 aromatic rings. The minimum absolute atomic E-state index is 0.342. The SMILES string of the molecule is CCCCCCCCCCCCCCCCCC(=O)N1CCNC1. The third-order valence-electron chi connectivity index (χ3n) is 5.21. The molecule has 0 aliphatic carbocycles. The van der Waals surface area contributed by atoms with Gasteiger partial charge in [0, 0.05) is 19.5 Å². The van der Waals surface area contributed by atoms with Crippen LogP contribution in [0.2, 0.25) is 0 Å². The predicted octanol–water partition coefficient (Wildman–Crippen LogP) is 5.64. The molecule has 1 aliphatic heterocycles. The van der Waals surface area contributed by atoms with Crippen molar-refractivity contribution in [2.45, 2.75) is 110 Å². The van der Waals surface area contributed by atoms with E-state index in [1.807, 2.05) is 4.90 Å². The molecule has 142 valence electrons. The Kier molecular flexibility index (Phi) is 14.3. The van der Waals surface area contributed by atoms with E-state index in [1.165, 1.54) is 89.9 Å². The molecule has 1 rings (SSSR count).